The van der Waals surface area contributed by atoms with Crippen molar-refractivity contribution in [3.8, 4) is 22.9 Å². The van der Waals surface area contributed by atoms with Crippen molar-refractivity contribution in [1.29, 1.82) is 0 Å². The molecule has 27 heavy (non-hydrogen) atoms. The van der Waals surface area contributed by atoms with E-state index in [1.54, 1.807) is 25.1 Å². The monoisotopic (exact) mass is 367 g/mol. The summed E-state index contributed by atoms with van der Waals surface area (Å²) in [6.45, 7) is 2.30. The number of hydrogen-bond donors (Lipinski definition) is 1. The normalized spacial score (nSPS) is 10.6. The molecule has 8 nitrogen and oxygen atoms in total. The van der Waals surface area contributed by atoms with Gasteiger partial charge in [0.1, 0.15) is 11.5 Å². The lowest BCUT2D eigenvalue weighted by Gasteiger charge is -2.12. The molecule has 0 saturated carbocycles. The second kappa shape index (κ2) is 7.86. The first kappa shape index (κ1) is 18.4. The quantitative estimate of drug-likeness (QED) is 0.682. The maximum atomic E-state index is 11.3. The zero-order valence-corrected chi connectivity index (χ0v) is 15.5. The Kier molecular flexibility index (Phi) is 5.35. The maximum Gasteiger partial charge on any atom is 0.225 e. The zero-order valence-electron chi connectivity index (χ0n) is 15.5. The Balaban J connectivity index is 2.11. The number of pyridine rings is 1. The van der Waals surface area contributed by atoms with Crippen molar-refractivity contribution < 1.29 is 14.3 Å². The summed E-state index contributed by atoms with van der Waals surface area (Å²) in [6.07, 6.45) is 1.60. The molecule has 8 heteroatoms. The molecule has 2 N–H and O–H groups in total. The second-order valence-electron chi connectivity index (χ2n) is 5.99. The van der Waals surface area contributed by atoms with Crippen molar-refractivity contribution in [3.63, 3.8) is 0 Å². The Bertz CT molecular complexity index is 968. The molecule has 0 aliphatic carbocycles. The molecule has 3 aromatic rings. The molecule has 2 aromatic heterocycles. The molecule has 0 radical (unpaired) electrons. The van der Waals surface area contributed by atoms with Gasteiger partial charge in [-0.25, -0.2) is 9.67 Å². The Hall–Kier alpha value is -3.42. The summed E-state index contributed by atoms with van der Waals surface area (Å²) >= 11 is 0. The first-order valence-corrected chi connectivity index (χ1v) is 8.36. The summed E-state index contributed by atoms with van der Waals surface area (Å²) in [5.74, 6) is 1.74. The van der Waals surface area contributed by atoms with Gasteiger partial charge in [-0.3, -0.25) is 9.78 Å². The van der Waals surface area contributed by atoms with Gasteiger partial charge in [-0.1, -0.05) is 18.2 Å². The number of nitrogens with zero attached hydrogens (tertiary/aromatic N) is 4. The van der Waals surface area contributed by atoms with Crippen molar-refractivity contribution in [2.24, 2.45) is 5.73 Å². The Labute approximate surface area is 157 Å². The molecule has 0 saturated heterocycles. The van der Waals surface area contributed by atoms with Gasteiger partial charge in [0.05, 0.1) is 38.9 Å². The molecular weight excluding hydrogens is 346 g/mol. The van der Waals surface area contributed by atoms with Crippen molar-refractivity contribution in [1.82, 2.24) is 19.7 Å². The van der Waals surface area contributed by atoms with E-state index in [0.717, 1.165) is 22.6 Å². The van der Waals surface area contributed by atoms with Crippen LogP contribution < -0.4 is 15.2 Å². The molecule has 140 valence electrons. The number of ether oxygens (including phenoxy) is 2. The Morgan fingerprint density at radius 3 is 2.63 bits per heavy atom. The summed E-state index contributed by atoms with van der Waals surface area (Å²) in [5, 5.41) is 4.48. The first-order valence-electron chi connectivity index (χ1n) is 8.36. The number of rotatable bonds is 7. The summed E-state index contributed by atoms with van der Waals surface area (Å²) in [4.78, 5) is 20.1. The third-order valence-electron chi connectivity index (χ3n) is 4.03. The molecular formula is C19H21N5O3. The number of carbonyl (C=O) groups excluding carboxylic acids is 1. The summed E-state index contributed by atoms with van der Waals surface area (Å²) in [7, 11) is 3.19. The predicted octanol–water partition coefficient (Wildman–Crippen LogP) is 1.74. The van der Waals surface area contributed by atoms with E-state index in [2.05, 4.69) is 15.1 Å². The molecule has 0 aliphatic rings. The van der Waals surface area contributed by atoms with Gasteiger partial charge in [-0.15, -0.1) is 0 Å². The molecule has 0 aliphatic heterocycles. The number of amides is 1. The molecule has 1 amide bonds. The van der Waals surface area contributed by atoms with Gasteiger partial charge >= 0.3 is 0 Å². The van der Waals surface area contributed by atoms with Crippen molar-refractivity contribution in [3.05, 3.63) is 53.6 Å². The molecule has 2 heterocycles. The van der Waals surface area contributed by atoms with Crippen LogP contribution in [-0.2, 0) is 17.8 Å². The van der Waals surface area contributed by atoms with Crippen LogP contribution in [0, 0.1) is 6.92 Å². The van der Waals surface area contributed by atoms with E-state index in [0.29, 0.717) is 23.9 Å². The number of hydrogen-bond acceptors (Lipinski definition) is 6. The van der Waals surface area contributed by atoms with Crippen LogP contribution in [-0.4, -0.2) is 39.9 Å². The van der Waals surface area contributed by atoms with E-state index in [1.807, 2.05) is 37.3 Å². The van der Waals surface area contributed by atoms with E-state index in [9.17, 15) is 4.79 Å². The average Bonchev–Trinajstić information content (AvgIpc) is 3.03. The van der Waals surface area contributed by atoms with Gasteiger partial charge in [0.15, 0.2) is 11.6 Å². The van der Waals surface area contributed by atoms with Crippen LogP contribution in [0.2, 0.25) is 0 Å². The lowest BCUT2D eigenvalue weighted by Crippen LogP contribution is -2.15. The topological polar surface area (TPSA) is 105 Å². The smallest absolute Gasteiger partial charge is 0.225 e. The van der Waals surface area contributed by atoms with Crippen LogP contribution in [0.5, 0.6) is 11.5 Å². The SMILES string of the molecule is COc1ccccc1Cn1nc(CC(N)=O)nc1-c1cc(C)ncc1OC. The molecule has 0 spiro atoms. The number of methoxy groups -OCH3 is 2. The fraction of sp³-hybridized carbons (Fsp3) is 0.263. The van der Waals surface area contributed by atoms with Crippen LogP contribution in [0.15, 0.2) is 36.5 Å². The van der Waals surface area contributed by atoms with Crippen molar-refractivity contribution >= 4 is 5.91 Å². The lowest BCUT2D eigenvalue weighted by molar-refractivity contribution is -0.117. The predicted molar refractivity (Wildman–Crippen MR) is 99.5 cm³/mol. The van der Waals surface area contributed by atoms with Gasteiger partial charge in [-0.05, 0) is 19.1 Å². The molecule has 1 aromatic carbocycles. The highest BCUT2D eigenvalue weighted by Gasteiger charge is 2.19. The lowest BCUT2D eigenvalue weighted by atomic mass is 10.1. The van der Waals surface area contributed by atoms with E-state index in [-0.39, 0.29) is 6.42 Å². The van der Waals surface area contributed by atoms with Crippen LogP contribution in [0.25, 0.3) is 11.4 Å². The van der Waals surface area contributed by atoms with Gasteiger partial charge in [-0.2, -0.15) is 5.10 Å². The maximum absolute atomic E-state index is 11.3. The third kappa shape index (κ3) is 4.05. The number of benzene rings is 1. The Morgan fingerprint density at radius 2 is 1.93 bits per heavy atom. The molecule has 3 rings (SSSR count). The highest BCUT2D eigenvalue weighted by Crippen LogP contribution is 2.30. The minimum Gasteiger partial charge on any atom is -0.496 e. The van der Waals surface area contributed by atoms with Crippen LogP contribution in [0.1, 0.15) is 17.1 Å². The zero-order chi connectivity index (χ0) is 19.4. The summed E-state index contributed by atoms with van der Waals surface area (Å²) in [6, 6.07) is 9.53. The van der Waals surface area contributed by atoms with Crippen LogP contribution >= 0.6 is 0 Å². The standard InChI is InChI=1S/C19H21N5O3/c1-12-8-14(16(27-3)10-21-12)19-22-18(9-17(20)25)23-24(19)11-13-6-4-5-7-15(13)26-2/h4-8,10H,9,11H2,1-3H3,(H2,20,25). The van der Waals surface area contributed by atoms with Crippen molar-refractivity contribution in [2.45, 2.75) is 19.9 Å². The minimum atomic E-state index is -0.492. The fourth-order valence-corrected chi connectivity index (χ4v) is 2.81. The van der Waals surface area contributed by atoms with Crippen LogP contribution in [0.4, 0.5) is 0 Å². The van der Waals surface area contributed by atoms with Crippen molar-refractivity contribution in [2.75, 3.05) is 14.2 Å². The fourth-order valence-electron chi connectivity index (χ4n) is 2.81. The molecule has 0 fully saturated rings. The van der Waals surface area contributed by atoms with Gasteiger partial charge < -0.3 is 15.2 Å². The number of carbonyl (C=O) groups is 1. The molecule has 0 bridgehead atoms. The number of para-hydroxylation sites is 1. The van der Waals surface area contributed by atoms with E-state index in [1.165, 1.54) is 0 Å². The third-order valence-corrected chi connectivity index (χ3v) is 4.03. The van der Waals surface area contributed by atoms with Gasteiger partial charge in [0, 0.05) is 11.3 Å². The van der Waals surface area contributed by atoms with E-state index >= 15 is 0 Å². The first-order chi connectivity index (χ1) is 13.0. The number of primary amides is 1. The number of aromatic nitrogens is 4. The number of aryl methyl sites for hydroxylation is 1. The molecule has 0 unspecified atom stereocenters. The largest absolute Gasteiger partial charge is 0.496 e. The van der Waals surface area contributed by atoms with Gasteiger partial charge in [0.2, 0.25) is 5.91 Å². The highest BCUT2D eigenvalue weighted by molar-refractivity contribution is 5.76. The number of nitrogens with two attached hydrogens (primary N) is 1. The highest BCUT2D eigenvalue weighted by atomic mass is 16.5. The summed E-state index contributed by atoms with van der Waals surface area (Å²) < 4.78 is 12.6. The second-order valence-corrected chi connectivity index (χ2v) is 5.99. The molecule has 0 atom stereocenters. The summed E-state index contributed by atoms with van der Waals surface area (Å²) in [5.41, 5.74) is 7.80. The van der Waals surface area contributed by atoms with E-state index in [4.69, 9.17) is 15.2 Å². The average molecular weight is 367 g/mol. The minimum absolute atomic E-state index is 0.0433. The Morgan fingerprint density at radius 1 is 1.19 bits per heavy atom. The van der Waals surface area contributed by atoms with Crippen LogP contribution in [0.3, 0.4) is 0 Å². The van der Waals surface area contributed by atoms with E-state index < -0.39 is 5.91 Å². The van der Waals surface area contributed by atoms with Gasteiger partial charge in [0.25, 0.3) is 0 Å².